The van der Waals surface area contributed by atoms with Gasteiger partial charge in [0, 0.05) is 11.7 Å². The van der Waals surface area contributed by atoms with Crippen LogP contribution in [0, 0.1) is 0 Å². The molecule has 19 heavy (non-hydrogen) atoms. The number of benzene rings is 1. The van der Waals surface area contributed by atoms with Gasteiger partial charge in [0.05, 0.1) is 0 Å². The molecule has 2 rings (SSSR count). The van der Waals surface area contributed by atoms with Crippen molar-refractivity contribution in [2.75, 3.05) is 18.8 Å². The second-order valence-electron chi connectivity index (χ2n) is 5.42. The lowest BCUT2D eigenvalue weighted by atomic mass is 9.86. The Morgan fingerprint density at radius 2 is 1.89 bits per heavy atom. The van der Waals surface area contributed by atoms with Gasteiger partial charge in [-0.05, 0) is 62.4 Å². The molecule has 0 spiro atoms. The molecule has 2 N–H and O–H groups in total. The van der Waals surface area contributed by atoms with Gasteiger partial charge in [0.25, 0.3) is 0 Å². The van der Waals surface area contributed by atoms with Crippen LogP contribution >= 0.6 is 12.4 Å². The van der Waals surface area contributed by atoms with Gasteiger partial charge in [0.1, 0.15) is 0 Å². The third kappa shape index (κ3) is 3.87. The Labute approximate surface area is 123 Å². The molecule has 0 amide bonds. The van der Waals surface area contributed by atoms with Gasteiger partial charge in [0.2, 0.25) is 0 Å². The number of aryl methyl sites for hydroxylation is 1. The van der Waals surface area contributed by atoms with Crippen molar-refractivity contribution < 1.29 is 0 Å². The quantitative estimate of drug-likeness (QED) is 0.835. The molecule has 3 heteroatoms. The molecule has 0 fully saturated rings. The van der Waals surface area contributed by atoms with E-state index >= 15 is 0 Å². The Morgan fingerprint density at radius 3 is 2.53 bits per heavy atom. The van der Waals surface area contributed by atoms with E-state index in [-0.39, 0.29) is 12.4 Å². The molecule has 0 saturated heterocycles. The summed E-state index contributed by atoms with van der Waals surface area (Å²) in [6.45, 7) is 6.99. The fourth-order valence-electron chi connectivity index (χ4n) is 3.16. The van der Waals surface area contributed by atoms with Crippen LogP contribution in [0.5, 0.6) is 0 Å². The minimum Gasteiger partial charge on any atom is -0.398 e. The maximum Gasteiger partial charge on any atom is 0.0349 e. The van der Waals surface area contributed by atoms with Gasteiger partial charge in [-0.15, -0.1) is 12.4 Å². The zero-order valence-electron chi connectivity index (χ0n) is 12.2. The Morgan fingerprint density at radius 1 is 1.21 bits per heavy atom. The Hall–Kier alpha value is -0.730. The van der Waals surface area contributed by atoms with Crippen LogP contribution in [0.4, 0.5) is 5.69 Å². The Bertz CT molecular complexity index is 386. The Kier molecular flexibility index (Phi) is 6.67. The fraction of sp³-hybridized carbons (Fsp3) is 0.625. The second kappa shape index (κ2) is 7.76. The summed E-state index contributed by atoms with van der Waals surface area (Å²) < 4.78 is 0. The van der Waals surface area contributed by atoms with Crippen LogP contribution in [0.25, 0.3) is 0 Å². The molecule has 1 unspecified atom stereocenters. The maximum atomic E-state index is 6.13. The predicted octanol–water partition coefficient (Wildman–Crippen LogP) is 3.67. The molecule has 1 aliphatic rings. The highest BCUT2D eigenvalue weighted by atomic mass is 35.5. The first-order valence-electron chi connectivity index (χ1n) is 7.36. The average molecular weight is 283 g/mol. The highest BCUT2D eigenvalue weighted by molar-refractivity contribution is 5.85. The Balaban J connectivity index is 0.00000180. The van der Waals surface area contributed by atoms with Gasteiger partial charge >= 0.3 is 0 Å². The fourth-order valence-corrected chi connectivity index (χ4v) is 3.16. The van der Waals surface area contributed by atoms with Crippen molar-refractivity contribution in [2.24, 2.45) is 0 Å². The maximum absolute atomic E-state index is 6.13. The number of halogens is 1. The number of rotatable bonds is 5. The van der Waals surface area contributed by atoms with Crippen LogP contribution < -0.4 is 5.73 Å². The molecule has 0 aliphatic heterocycles. The largest absolute Gasteiger partial charge is 0.398 e. The number of nitrogens with zero attached hydrogens (tertiary/aromatic N) is 1. The van der Waals surface area contributed by atoms with Gasteiger partial charge in [-0.1, -0.05) is 26.0 Å². The van der Waals surface area contributed by atoms with Crippen molar-refractivity contribution in [2.45, 2.75) is 52.0 Å². The first-order chi connectivity index (χ1) is 8.76. The van der Waals surface area contributed by atoms with Crippen LogP contribution in [-0.4, -0.2) is 24.0 Å². The molecule has 2 nitrogen and oxygen atoms in total. The monoisotopic (exact) mass is 282 g/mol. The normalized spacial score (nSPS) is 17.9. The number of hydrogen-bond acceptors (Lipinski definition) is 2. The number of hydrogen-bond donors (Lipinski definition) is 1. The van der Waals surface area contributed by atoms with E-state index in [0.717, 1.165) is 12.1 Å². The molecule has 1 atom stereocenters. The van der Waals surface area contributed by atoms with Crippen LogP contribution in [0.2, 0.25) is 0 Å². The summed E-state index contributed by atoms with van der Waals surface area (Å²) in [6, 6.07) is 7.07. The minimum atomic E-state index is 0. The van der Waals surface area contributed by atoms with Gasteiger partial charge in [-0.3, -0.25) is 0 Å². The van der Waals surface area contributed by atoms with E-state index in [4.69, 9.17) is 5.73 Å². The third-order valence-electron chi connectivity index (χ3n) is 4.03. The van der Waals surface area contributed by atoms with Crippen molar-refractivity contribution in [3.8, 4) is 0 Å². The number of anilines is 1. The molecular weight excluding hydrogens is 256 g/mol. The topological polar surface area (TPSA) is 29.3 Å². The minimum absolute atomic E-state index is 0. The van der Waals surface area contributed by atoms with Gasteiger partial charge < -0.3 is 10.6 Å². The van der Waals surface area contributed by atoms with Crippen molar-refractivity contribution >= 4 is 18.1 Å². The number of nitrogen functional groups attached to an aromatic ring is 1. The highest BCUT2D eigenvalue weighted by Gasteiger charge is 2.24. The third-order valence-corrected chi connectivity index (χ3v) is 4.03. The van der Waals surface area contributed by atoms with Gasteiger partial charge in [-0.25, -0.2) is 0 Å². The lowest BCUT2D eigenvalue weighted by molar-refractivity contribution is 0.180. The summed E-state index contributed by atoms with van der Waals surface area (Å²) in [6.07, 6.45) is 6.11. The summed E-state index contributed by atoms with van der Waals surface area (Å²) in [5.74, 6) is 0. The van der Waals surface area contributed by atoms with E-state index in [9.17, 15) is 0 Å². The van der Waals surface area contributed by atoms with E-state index in [1.54, 1.807) is 0 Å². The van der Waals surface area contributed by atoms with E-state index in [1.807, 2.05) is 6.07 Å². The second-order valence-corrected chi connectivity index (χ2v) is 5.42. The first-order valence-corrected chi connectivity index (χ1v) is 7.36. The molecule has 0 radical (unpaired) electrons. The van der Waals surface area contributed by atoms with Crippen LogP contribution in [0.15, 0.2) is 18.2 Å². The first kappa shape index (κ1) is 16.3. The molecule has 0 aromatic heterocycles. The SMILES string of the molecule is CCCN(CCC)C1CCc2cccc(N)c2C1.Cl. The molecule has 0 saturated carbocycles. The van der Waals surface area contributed by atoms with Crippen molar-refractivity contribution in [1.29, 1.82) is 0 Å². The summed E-state index contributed by atoms with van der Waals surface area (Å²) in [5.41, 5.74) is 10.0. The summed E-state index contributed by atoms with van der Waals surface area (Å²) in [4.78, 5) is 2.66. The molecular formula is C16H27ClN2. The van der Waals surface area contributed by atoms with Gasteiger partial charge in [-0.2, -0.15) is 0 Å². The highest BCUT2D eigenvalue weighted by Crippen LogP contribution is 2.28. The summed E-state index contributed by atoms with van der Waals surface area (Å²) in [7, 11) is 0. The standard InChI is InChI=1S/C16H26N2.ClH/c1-3-10-18(11-4-2)14-9-8-13-6-5-7-16(17)15(13)12-14;/h5-7,14H,3-4,8-12,17H2,1-2H3;1H. The van der Waals surface area contributed by atoms with Crippen molar-refractivity contribution in [1.82, 2.24) is 4.90 Å². The van der Waals surface area contributed by atoms with E-state index in [2.05, 4.69) is 30.9 Å². The smallest absolute Gasteiger partial charge is 0.0349 e. The van der Waals surface area contributed by atoms with Crippen molar-refractivity contribution in [3.63, 3.8) is 0 Å². The molecule has 0 heterocycles. The van der Waals surface area contributed by atoms with E-state index in [0.29, 0.717) is 6.04 Å². The molecule has 108 valence electrons. The van der Waals surface area contributed by atoms with Crippen molar-refractivity contribution in [3.05, 3.63) is 29.3 Å². The summed E-state index contributed by atoms with van der Waals surface area (Å²) >= 11 is 0. The zero-order valence-corrected chi connectivity index (χ0v) is 13.0. The van der Waals surface area contributed by atoms with Crippen LogP contribution in [0.3, 0.4) is 0 Å². The predicted molar refractivity (Wildman–Crippen MR) is 86.1 cm³/mol. The molecule has 1 aromatic rings. The summed E-state index contributed by atoms with van der Waals surface area (Å²) in [5, 5.41) is 0. The van der Waals surface area contributed by atoms with E-state index < -0.39 is 0 Å². The molecule has 1 aromatic carbocycles. The van der Waals surface area contributed by atoms with Gasteiger partial charge in [0.15, 0.2) is 0 Å². The molecule has 1 aliphatic carbocycles. The average Bonchev–Trinajstić information content (AvgIpc) is 2.39. The van der Waals surface area contributed by atoms with Crippen LogP contribution in [0.1, 0.15) is 44.2 Å². The lowest BCUT2D eigenvalue weighted by Gasteiger charge is -2.35. The zero-order chi connectivity index (χ0) is 13.0. The van der Waals surface area contributed by atoms with Crippen LogP contribution in [-0.2, 0) is 12.8 Å². The van der Waals surface area contributed by atoms with E-state index in [1.165, 1.54) is 49.9 Å². The number of fused-ring (bicyclic) bond motifs is 1. The lowest BCUT2D eigenvalue weighted by Crippen LogP contribution is -2.40. The number of nitrogens with two attached hydrogens (primary N) is 1. The molecule has 0 bridgehead atoms.